The molecule has 0 aromatic heterocycles. The molecule has 0 spiro atoms. The maximum Gasteiger partial charge on any atom is 0.0607 e. The van der Waals surface area contributed by atoms with E-state index in [4.69, 9.17) is 0 Å². The first kappa shape index (κ1) is 10.9. The lowest BCUT2D eigenvalue weighted by Gasteiger charge is -2.43. The molecule has 1 saturated heterocycles. The van der Waals surface area contributed by atoms with E-state index < -0.39 is 0 Å². The zero-order chi connectivity index (χ0) is 11.7. The van der Waals surface area contributed by atoms with Crippen molar-refractivity contribution in [2.75, 3.05) is 43.0 Å². The number of rotatable bonds is 1. The molecule has 0 aliphatic carbocycles. The highest BCUT2D eigenvalue weighted by atomic mass is 15.3. The van der Waals surface area contributed by atoms with Crippen LogP contribution in [0.1, 0.15) is 12.8 Å². The zero-order valence-electron chi connectivity index (χ0n) is 10.5. The number of nitrogens with zero attached hydrogens (tertiary/aromatic N) is 2. The summed E-state index contributed by atoms with van der Waals surface area (Å²) in [6.07, 6.45) is 2.63. The summed E-state index contributed by atoms with van der Waals surface area (Å²) >= 11 is 0. The Kier molecular flexibility index (Phi) is 2.93. The predicted molar refractivity (Wildman–Crippen MR) is 72.9 cm³/mol. The largest absolute Gasteiger partial charge is 0.371 e. The maximum atomic E-state index is 3.52. The molecule has 0 saturated carbocycles. The summed E-state index contributed by atoms with van der Waals surface area (Å²) in [5.41, 5.74) is 2.79. The number of nitrogens with one attached hydrogen (secondary N) is 1. The monoisotopic (exact) mass is 231 g/mol. The fourth-order valence-electron chi connectivity index (χ4n) is 3.01. The van der Waals surface area contributed by atoms with Gasteiger partial charge in [0, 0.05) is 32.7 Å². The van der Waals surface area contributed by atoms with Crippen molar-refractivity contribution < 1.29 is 0 Å². The molecule has 1 atom stereocenters. The SMILES string of the molecule is CN1CCN(C2CCCNC2)c2ccccc21. The lowest BCUT2D eigenvalue weighted by molar-refractivity contribution is 0.429. The van der Waals surface area contributed by atoms with Crippen LogP contribution in [0.5, 0.6) is 0 Å². The smallest absolute Gasteiger partial charge is 0.0607 e. The number of fused-ring (bicyclic) bond motifs is 1. The van der Waals surface area contributed by atoms with E-state index in [2.05, 4.69) is 46.4 Å². The highest BCUT2D eigenvalue weighted by Gasteiger charge is 2.26. The molecule has 1 N–H and O–H groups in total. The van der Waals surface area contributed by atoms with Gasteiger partial charge in [-0.25, -0.2) is 0 Å². The fraction of sp³-hybridized carbons (Fsp3) is 0.571. The Balaban J connectivity index is 1.89. The lowest BCUT2D eigenvalue weighted by atomic mass is 10.0. The molecule has 0 bridgehead atoms. The van der Waals surface area contributed by atoms with Gasteiger partial charge in [-0.15, -0.1) is 0 Å². The van der Waals surface area contributed by atoms with Crippen molar-refractivity contribution in [3.63, 3.8) is 0 Å². The van der Waals surface area contributed by atoms with Crippen LogP contribution in [0.2, 0.25) is 0 Å². The van der Waals surface area contributed by atoms with Gasteiger partial charge in [-0.2, -0.15) is 0 Å². The summed E-state index contributed by atoms with van der Waals surface area (Å²) in [7, 11) is 2.19. The maximum absolute atomic E-state index is 3.52. The van der Waals surface area contributed by atoms with Crippen molar-refractivity contribution in [2.45, 2.75) is 18.9 Å². The molecule has 0 amide bonds. The number of likely N-dealkylation sites (N-methyl/N-ethyl adjacent to an activating group) is 1. The average molecular weight is 231 g/mol. The van der Waals surface area contributed by atoms with Gasteiger partial charge >= 0.3 is 0 Å². The highest BCUT2D eigenvalue weighted by Crippen LogP contribution is 2.33. The van der Waals surface area contributed by atoms with Gasteiger partial charge in [0.2, 0.25) is 0 Å². The van der Waals surface area contributed by atoms with Gasteiger partial charge < -0.3 is 15.1 Å². The van der Waals surface area contributed by atoms with E-state index in [0.29, 0.717) is 6.04 Å². The Labute approximate surface area is 103 Å². The first-order chi connectivity index (χ1) is 8.36. The van der Waals surface area contributed by atoms with Gasteiger partial charge in [0.05, 0.1) is 11.4 Å². The molecule has 92 valence electrons. The normalized spacial score (nSPS) is 24.6. The minimum atomic E-state index is 0.679. The van der Waals surface area contributed by atoms with Crippen LogP contribution in [-0.4, -0.2) is 39.3 Å². The van der Waals surface area contributed by atoms with Crippen LogP contribution in [0.15, 0.2) is 24.3 Å². The Bertz CT molecular complexity index is 385. The van der Waals surface area contributed by atoms with E-state index in [0.717, 1.165) is 19.6 Å². The topological polar surface area (TPSA) is 18.5 Å². The van der Waals surface area contributed by atoms with Crippen molar-refractivity contribution in [1.82, 2.24) is 5.32 Å². The Hall–Kier alpha value is -1.22. The van der Waals surface area contributed by atoms with E-state index in [9.17, 15) is 0 Å². The average Bonchev–Trinajstić information content (AvgIpc) is 2.41. The molecule has 2 aliphatic heterocycles. The second kappa shape index (κ2) is 4.57. The van der Waals surface area contributed by atoms with Gasteiger partial charge in [-0.05, 0) is 31.5 Å². The molecule has 3 heteroatoms. The van der Waals surface area contributed by atoms with Crippen LogP contribution in [-0.2, 0) is 0 Å². The van der Waals surface area contributed by atoms with Crippen molar-refractivity contribution in [3.05, 3.63) is 24.3 Å². The van der Waals surface area contributed by atoms with Gasteiger partial charge in [0.15, 0.2) is 0 Å². The summed E-state index contributed by atoms with van der Waals surface area (Å²) < 4.78 is 0. The second-order valence-corrected chi connectivity index (χ2v) is 5.10. The van der Waals surface area contributed by atoms with Crippen molar-refractivity contribution >= 4 is 11.4 Å². The van der Waals surface area contributed by atoms with Crippen LogP contribution >= 0.6 is 0 Å². The molecule has 2 aliphatic rings. The first-order valence-corrected chi connectivity index (χ1v) is 6.64. The third kappa shape index (κ3) is 2.00. The summed E-state index contributed by atoms with van der Waals surface area (Å²) in [6.45, 7) is 4.61. The number of hydrogen-bond donors (Lipinski definition) is 1. The van der Waals surface area contributed by atoms with Crippen LogP contribution < -0.4 is 15.1 Å². The minimum absolute atomic E-state index is 0.679. The molecule has 3 nitrogen and oxygen atoms in total. The molecule has 3 rings (SSSR count). The van der Waals surface area contributed by atoms with E-state index >= 15 is 0 Å². The fourth-order valence-corrected chi connectivity index (χ4v) is 3.01. The molecule has 1 unspecified atom stereocenters. The predicted octanol–water partition coefficient (Wildman–Crippen LogP) is 1.69. The van der Waals surface area contributed by atoms with Gasteiger partial charge in [0.1, 0.15) is 0 Å². The number of para-hydroxylation sites is 2. The first-order valence-electron chi connectivity index (χ1n) is 6.64. The lowest BCUT2D eigenvalue weighted by Crippen LogP contribution is -2.50. The van der Waals surface area contributed by atoms with Crippen molar-refractivity contribution in [1.29, 1.82) is 0 Å². The van der Waals surface area contributed by atoms with Gasteiger partial charge in [-0.1, -0.05) is 12.1 Å². The summed E-state index contributed by atoms with van der Waals surface area (Å²) in [4.78, 5) is 4.96. The summed E-state index contributed by atoms with van der Waals surface area (Å²) in [5.74, 6) is 0. The standard InChI is InChI=1S/C14H21N3/c1-16-9-10-17(12-5-4-8-15-11-12)14-7-3-2-6-13(14)16/h2-3,6-7,12,15H,4-5,8-11H2,1H3. The number of hydrogen-bond acceptors (Lipinski definition) is 3. The summed E-state index contributed by atoms with van der Waals surface area (Å²) in [5, 5.41) is 3.52. The van der Waals surface area contributed by atoms with Crippen LogP contribution in [0.25, 0.3) is 0 Å². The van der Waals surface area contributed by atoms with Gasteiger partial charge in [-0.3, -0.25) is 0 Å². The third-order valence-corrected chi connectivity index (χ3v) is 3.99. The number of anilines is 2. The summed E-state index contributed by atoms with van der Waals surface area (Å²) in [6, 6.07) is 9.47. The molecular weight excluding hydrogens is 210 g/mol. The van der Waals surface area contributed by atoms with E-state index in [1.165, 1.54) is 30.8 Å². The minimum Gasteiger partial charge on any atom is -0.371 e. The third-order valence-electron chi connectivity index (χ3n) is 3.99. The molecule has 1 fully saturated rings. The molecule has 1 aromatic rings. The van der Waals surface area contributed by atoms with Crippen LogP contribution in [0, 0.1) is 0 Å². The molecule has 17 heavy (non-hydrogen) atoms. The quantitative estimate of drug-likeness (QED) is 0.793. The van der Waals surface area contributed by atoms with Gasteiger partial charge in [0.25, 0.3) is 0 Å². The van der Waals surface area contributed by atoms with E-state index in [1.54, 1.807) is 0 Å². The number of piperidine rings is 1. The Morgan fingerprint density at radius 2 is 2.00 bits per heavy atom. The van der Waals surface area contributed by atoms with E-state index in [1.807, 2.05) is 0 Å². The van der Waals surface area contributed by atoms with Crippen LogP contribution in [0.3, 0.4) is 0 Å². The Morgan fingerprint density at radius 1 is 1.18 bits per heavy atom. The highest BCUT2D eigenvalue weighted by molar-refractivity contribution is 5.73. The van der Waals surface area contributed by atoms with Crippen LogP contribution in [0.4, 0.5) is 11.4 Å². The molecule has 1 aromatic carbocycles. The Morgan fingerprint density at radius 3 is 2.76 bits per heavy atom. The van der Waals surface area contributed by atoms with Crippen molar-refractivity contribution in [2.24, 2.45) is 0 Å². The second-order valence-electron chi connectivity index (χ2n) is 5.10. The van der Waals surface area contributed by atoms with Crippen molar-refractivity contribution in [3.8, 4) is 0 Å². The molecular formula is C14H21N3. The van der Waals surface area contributed by atoms with E-state index in [-0.39, 0.29) is 0 Å². The number of benzene rings is 1. The molecule has 2 heterocycles. The zero-order valence-corrected chi connectivity index (χ0v) is 10.5. The molecule has 0 radical (unpaired) electrons.